The molecule has 4 aromatic rings. The Kier molecular flexibility index (Phi) is 6.28. The summed E-state index contributed by atoms with van der Waals surface area (Å²) in [5.41, 5.74) is 3.87. The zero-order chi connectivity index (χ0) is 22.8. The van der Waals surface area contributed by atoms with Crippen LogP contribution in [0.3, 0.4) is 0 Å². The predicted molar refractivity (Wildman–Crippen MR) is 132 cm³/mol. The van der Waals surface area contributed by atoms with E-state index in [2.05, 4.69) is 50.9 Å². The van der Waals surface area contributed by atoms with Crippen LogP contribution in [0.25, 0.3) is 22.1 Å². The van der Waals surface area contributed by atoms with Crippen molar-refractivity contribution in [3.8, 4) is 0 Å². The summed E-state index contributed by atoms with van der Waals surface area (Å²) in [6, 6.07) is 18.5. The van der Waals surface area contributed by atoms with Gasteiger partial charge in [0, 0.05) is 38.1 Å². The molecule has 33 heavy (non-hydrogen) atoms. The van der Waals surface area contributed by atoms with Crippen molar-refractivity contribution in [2.24, 2.45) is 0 Å². The van der Waals surface area contributed by atoms with Crippen LogP contribution < -0.4 is 0 Å². The number of thioether (sulfide) groups is 1. The van der Waals surface area contributed by atoms with E-state index in [1.165, 1.54) is 17.3 Å². The molecule has 1 saturated heterocycles. The molecule has 1 aliphatic heterocycles. The van der Waals surface area contributed by atoms with Crippen molar-refractivity contribution < 1.29 is 4.79 Å². The molecule has 3 heterocycles. The van der Waals surface area contributed by atoms with Gasteiger partial charge in [0.25, 0.3) is 0 Å². The molecule has 2 aromatic heterocycles. The van der Waals surface area contributed by atoms with Crippen LogP contribution in [-0.2, 0) is 11.3 Å². The Labute approximate surface area is 197 Å². The summed E-state index contributed by atoms with van der Waals surface area (Å²) < 4.78 is 2.19. The molecule has 5 rings (SSSR count). The number of piperazine rings is 1. The summed E-state index contributed by atoms with van der Waals surface area (Å²) in [5.74, 6) is 0.143. The second kappa shape index (κ2) is 9.49. The topological polar surface area (TPSA) is 67.2 Å². The molecule has 0 aliphatic carbocycles. The Morgan fingerprint density at radius 3 is 2.48 bits per heavy atom. The van der Waals surface area contributed by atoms with Crippen LogP contribution >= 0.6 is 11.8 Å². The second-order valence-electron chi connectivity index (χ2n) is 8.38. The first-order valence-corrected chi connectivity index (χ1v) is 12.4. The number of amides is 1. The Bertz CT molecular complexity index is 1270. The number of carbonyl (C=O) groups excluding carboxylic acids is 1. The summed E-state index contributed by atoms with van der Waals surface area (Å²) in [6.45, 7) is 9.25. The summed E-state index contributed by atoms with van der Waals surface area (Å²) >= 11 is 1.39. The molecule has 1 fully saturated rings. The summed E-state index contributed by atoms with van der Waals surface area (Å²) in [7, 11) is 0. The molecule has 0 saturated carbocycles. The molecule has 1 unspecified atom stereocenters. The summed E-state index contributed by atoms with van der Waals surface area (Å²) in [4.78, 5) is 22.2. The molecular formula is C25H28N6OS. The maximum atomic E-state index is 13.0. The standard InChI is InChI=1S/C25H28N6OS/c1-3-29-13-15-30(16-14-29)24(32)18(2)33-25-26-23-22(27-28-25)20-11-7-8-12-21(20)31(23)17-19-9-5-4-6-10-19/h4-12,18H,3,13-17H2,1-2H3. The smallest absolute Gasteiger partial charge is 0.235 e. The van der Waals surface area contributed by atoms with Gasteiger partial charge < -0.3 is 14.4 Å². The highest BCUT2D eigenvalue weighted by molar-refractivity contribution is 8.00. The maximum absolute atomic E-state index is 13.0. The van der Waals surface area contributed by atoms with Gasteiger partial charge in [-0.3, -0.25) is 4.79 Å². The Balaban J connectivity index is 1.42. The lowest BCUT2D eigenvalue weighted by Gasteiger charge is -2.35. The monoisotopic (exact) mass is 460 g/mol. The van der Waals surface area contributed by atoms with Crippen molar-refractivity contribution in [3.05, 3.63) is 60.2 Å². The number of hydrogen-bond acceptors (Lipinski definition) is 6. The van der Waals surface area contributed by atoms with Gasteiger partial charge in [0.05, 0.1) is 10.8 Å². The third-order valence-corrected chi connectivity index (χ3v) is 7.24. The third-order valence-electron chi connectivity index (χ3n) is 6.30. The van der Waals surface area contributed by atoms with Gasteiger partial charge in [-0.15, -0.1) is 10.2 Å². The van der Waals surface area contributed by atoms with Gasteiger partial charge in [0.1, 0.15) is 5.52 Å². The van der Waals surface area contributed by atoms with Crippen LogP contribution in [0.5, 0.6) is 0 Å². The first-order chi connectivity index (χ1) is 16.1. The molecule has 1 amide bonds. The van der Waals surface area contributed by atoms with E-state index >= 15 is 0 Å². The molecular weight excluding hydrogens is 432 g/mol. The van der Waals surface area contributed by atoms with Crippen LogP contribution in [0.1, 0.15) is 19.4 Å². The van der Waals surface area contributed by atoms with Crippen LogP contribution in [0.4, 0.5) is 0 Å². The fourth-order valence-corrected chi connectivity index (χ4v) is 5.21. The Morgan fingerprint density at radius 1 is 1.00 bits per heavy atom. The first kappa shape index (κ1) is 21.9. The number of aromatic nitrogens is 4. The number of fused-ring (bicyclic) bond motifs is 3. The molecule has 170 valence electrons. The predicted octanol–water partition coefficient (Wildman–Crippen LogP) is 3.67. The molecule has 7 nitrogen and oxygen atoms in total. The molecule has 0 radical (unpaired) electrons. The van der Waals surface area contributed by atoms with Crippen LogP contribution in [0.15, 0.2) is 59.8 Å². The van der Waals surface area contributed by atoms with Crippen molar-refractivity contribution in [1.82, 2.24) is 29.5 Å². The minimum absolute atomic E-state index is 0.143. The van der Waals surface area contributed by atoms with Gasteiger partial charge in [-0.1, -0.05) is 67.2 Å². The number of likely N-dealkylation sites (N-methyl/N-ethyl adjacent to an activating group) is 1. The lowest BCUT2D eigenvalue weighted by Crippen LogP contribution is -2.50. The third kappa shape index (κ3) is 4.45. The van der Waals surface area contributed by atoms with Crippen molar-refractivity contribution >= 4 is 39.7 Å². The van der Waals surface area contributed by atoms with E-state index in [1.807, 2.05) is 42.2 Å². The Morgan fingerprint density at radius 2 is 1.73 bits per heavy atom. The SMILES string of the molecule is CCN1CCN(C(=O)C(C)Sc2nnc3c4ccccc4n(Cc4ccccc4)c3n2)CC1. The Hall–Kier alpha value is -2.97. The largest absolute Gasteiger partial charge is 0.339 e. The summed E-state index contributed by atoms with van der Waals surface area (Å²) in [5, 5.41) is 10.2. The van der Waals surface area contributed by atoms with Gasteiger partial charge in [-0.25, -0.2) is 4.98 Å². The number of para-hydroxylation sites is 1. The normalized spacial score (nSPS) is 15.9. The minimum Gasteiger partial charge on any atom is -0.339 e. The first-order valence-electron chi connectivity index (χ1n) is 11.5. The van der Waals surface area contributed by atoms with Gasteiger partial charge in [0.15, 0.2) is 5.65 Å². The van der Waals surface area contributed by atoms with Crippen LogP contribution in [-0.4, -0.2) is 73.4 Å². The highest BCUT2D eigenvalue weighted by Gasteiger charge is 2.26. The molecule has 0 spiro atoms. The van der Waals surface area contributed by atoms with E-state index in [-0.39, 0.29) is 11.2 Å². The molecule has 1 atom stereocenters. The van der Waals surface area contributed by atoms with Crippen molar-refractivity contribution in [1.29, 1.82) is 0 Å². The van der Waals surface area contributed by atoms with E-state index in [0.29, 0.717) is 11.7 Å². The lowest BCUT2D eigenvalue weighted by molar-refractivity contribution is -0.132. The van der Waals surface area contributed by atoms with Gasteiger partial charge in [0.2, 0.25) is 11.1 Å². The summed E-state index contributed by atoms with van der Waals surface area (Å²) in [6.07, 6.45) is 0. The molecule has 0 bridgehead atoms. The lowest BCUT2D eigenvalue weighted by atomic mass is 10.2. The van der Waals surface area contributed by atoms with E-state index in [1.54, 1.807) is 0 Å². The minimum atomic E-state index is -0.260. The number of hydrogen-bond donors (Lipinski definition) is 0. The maximum Gasteiger partial charge on any atom is 0.235 e. The van der Waals surface area contributed by atoms with E-state index in [9.17, 15) is 4.79 Å². The highest BCUT2D eigenvalue weighted by atomic mass is 32.2. The fraction of sp³-hybridized carbons (Fsp3) is 0.360. The van der Waals surface area contributed by atoms with Gasteiger partial charge >= 0.3 is 0 Å². The van der Waals surface area contributed by atoms with Crippen molar-refractivity contribution in [3.63, 3.8) is 0 Å². The quantitative estimate of drug-likeness (QED) is 0.409. The van der Waals surface area contributed by atoms with Crippen LogP contribution in [0.2, 0.25) is 0 Å². The average Bonchev–Trinajstić information content (AvgIpc) is 3.17. The van der Waals surface area contributed by atoms with E-state index < -0.39 is 0 Å². The number of rotatable bonds is 6. The number of carbonyl (C=O) groups is 1. The molecule has 2 aromatic carbocycles. The second-order valence-corrected chi connectivity index (χ2v) is 9.68. The van der Waals surface area contributed by atoms with Gasteiger partial charge in [-0.05, 0) is 25.1 Å². The fourth-order valence-electron chi connectivity index (χ4n) is 4.42. The van der Waals surface area contributed by atoms with E-state index in [4.69, 9.17) is 4.98 Å². The zero-order valence-electron chi connectivity index (χ0n) is 19.0. The average molecular weight is 461 g/mol. The molecule has 0 N–H and O–H groups in total. The van der Waals surface area contributed by atoms with Crippen molar-refractivity contribution in [2.45, 2.75) is 30.8 Å². The number of benzene rings is 2. The molecule has 8 heteroatoms. The van der Waals surface area contributed by atoms with Crippen molar-refractivity contribution in [2.75, 3.05) is 32.7 Å². The molecule has 1 aliphatic rings. The zero-order valence-corrected chi connectivity index (χ0v) is 19.8. The van der Waals surface area contributed by atoms with Gasteiger partial charge in [-0.2, -0.15) is 0 Å². The van der Waals surface area contributed by atoms with Crippen LogP contribution in [0, 0.1) is 0 Å². The highest BCUT2D eigenvalue weighted by Crippen LogP contribution is 2.29. The number of nitrogens with zero attached hydrogens (tertiary/aromatic N) is 6. The van der Waals surface area contributed by atoms with E-state index in [0.717, 1.165) is 54.8 Å².